The third-order valence-electron chi connectivity index (χ3n) is 4.32. The SMILES string of the molecule is CC(C)(C)OC(=O)N1CCC[C@@H](C(=O)NCc2ccc(C#N)cc2OC(F)(F)F)C1. The molecule has 0 unspecified atom stereocenters. The van der Waals surface area contributed by atoms with Crippen molar-refractivity contribution >= 4 is 12.0 Å². The first kappa shape index (κ1) is 23.3. The summed E-state index contributed by atoms with van der Waals surface area (Å²) in [6, 6.07) is 5.36. The fourth-order valence-electron chi connectivity index (χ4n) is 3.00. The predicted octanol–water partition coefficient (Wildman–Crippen LogP) is 3.72. The number of amides is 2. The molecule has 1 aromatic carbocycles. The van der Waals surface area contributed by atoms with E-state index in [9.17, 15) is 22.8 Å². The van der Waals surface area contributed by atoms with Crippen LogP contribution in [0.4, 0.5) is 18.0 Å². The minimum Gasteiger partial charge on any atom is -0.444 e. The Morgan fingerprint density at radius 2 is 2.00 bits per heavy atom. The molecule has 1 N–H and O–H groups in total. The number of hydrogen-bond donors (Lipinski definition) is 1. The van der Waals surface area contributed by atoms with Crippen LogP contribution < -0.4 is 10.1 Å². The number of piperidine rings is 1. The maximum absolute atomic E-state index is 12.6. The van der Waals surface area contributed by atoms with Gasteiger partial charge in [-0.1, -0.05) is 6.07 Å². The van der Waals surface area contributed by atoms with Gasteiger partial charge in [0.05, 0.1) is 17.6 Å². The van der Waals surface area contributed by atoms with Crippen molar-refractivity contribution in [1.82, 2.24) is 10.2 Å². The van der Waals surface area contributed by atoms with Gasteiger partial charge in [-0.2, -0.15) is 5.26 Å². The molecule has 0 radical (unpaired) electrons. The number of rotatable bonds is 4. The second-order valence-corrected chi connectivity index (χ2v) is 7.97. The minimum atomic E-state index is -4.93. The standard InChI is InChI=1S/C20H24F3N3O4/c1-19(2,3)30-18(28)26-8-4-5-15(12-26)17(27)25-11-14-7-6-13(10-24)9-16(14)29-20(21,22)23/h6-7,9,15H,4-5,8,11-12H2,1-3H3,(H,25,27)/t15-/m1/s1. The van der Waals surface area contributed by atoms with E-state index in [2.05, 4.69) is 10.1 Å². The summed E-state index contributed by atoms with van der Waals surface area (Å²) < 4.78 is 47.2. The number of nitriles is 1. The number of benzene rings is 1. The quantitative estimate of drug-likeness (QED) is 0.791. The second-order valence-electron chi connectivity index (χ2n) is 7.97. The van der Waals surface area contributed by atoms with Crippen molar-refractivity contribution in [3.63, 3.8) is 0 Å². The van der Waals surface area contributed by atoms with Crippen LogP contribution in [0.15, 0.2) is 18.2 Å². The lowest BCUT2D eigenvalue weighted by atomic mass is 9.97. The Balaban J connectivity index is 2.01. The molecule has 1 saturated heterocycles. The number of hydrogen-bond acceptors (Lipinski definition) is 5. The summed E-state index contributed by atoms with van der Waals surface area (Å²) in [5, 5.41) is 11.5. The topological polar surface area (TPSA) is 91.7 Å². The molecule has 1 aliphatic heterocycles. The number of carbonyl (C=O) groups is 2. The highest BCUT2D eigenvalue weighted by Gasteiger charge is 2.33. The van der Waals surface area contributed by atoms with Crippen LogP contribution in [-0.4, -0.2) is 42.0 Å². The van der Waals surface area contributed by atoms with E-state index in [1.165, 1.54) is 17.0 Å². The van der Waals surface area contributed by atoms with Gasteiger partial charge in [0.2, 0.25) is 5.91 Å². The molecular weight excluding hydrogens is 403 g/mol. The Morgan fingerprint density at radius 1 is 1.30 bits per heavy atom. The number of ether oxygens (including phenoxy) is 2. The largest absolute Gasteiger partial charge is 0.573 e. The number of halogens is 3. The highest BCUT2D eigenvalue weighted by atomic mass is 19.4. The highest BCUT2D eigenvalue weighted by molar-refractivity contribution is 5.80. The van der Waals surface area contributed by atoms with Gasteiger partial charge < -0.3 is 19.7 Å². The van der Waals surface area contributed by atoms with Gasteiger partial charge >= 0.3 is 12.5 Å². The van der Waals surface area contributed by atoms with Crippen LogP contribution in [-0.2, 0) is 16.1 Å². The van der Waals surface area contributed by atoms with E-state index in [1.807, 2.05) is 0 Å². The summed E-state index contributed by atoms with van der Waals surface area (Å²) in [6.07, 6.45) is -4.28. The molecule has 2 amide bonds. The summed E-state index contributed by atoms with van der Waals surface area (Å²) in [6.45, 7) is 5.67. The first-order valence-corrected chi connectivity index (χ1v) is 9.42. The molecule has 30 heavy (non-hydrogen) atoms. The number of carbonyl (C=O) groups excluding carboxylic acids is 2. The molecule has 1 heterocycles. The molecule has 1 atom stereocenters. The van der Waals surface area contributed by atoms with Crippen LogP contribution in [0.25, 0.3) is 0 Å². The zero-order valence-electron chi connectivity index (χ0n) is 17.0. The first-order chi connectivity index (χ1) is 13.9. The minimum absolute atomic E-state index is 0.00427. The molecule has 1 aliphatic rings. The van der Waals surface area contributed by atoms with Gasteiger partial charge in [-0.05, 0) is 45.7 Å². The van der Waals surface area contributed by atoms with Crippen molar-refractivity contribution in [3.05, 3.63) is 29.3 Å². The zero-order valence-corrected chi connectivity index (χ0v) is 17.0. The fraction of sp³-hybridized carbons (Fsp3) is 0.550. The number of nitrogens with one attached hydrogen (secondary N) is 1. The fourth-order valence-corrected chi connectivity index (χ4v) is 3.00. The molecule has 10 heteroatoms. The summed E-state index contributed by atoms with van der Waals surface area (Å²) in [5.41, 5.74) is -0.569. The first-order valence-electron chi connectivity index (χ1n) is 9.42. The van der Waals surface area contributed by atoms with Gasteiger partial charge in [-0.25, -0.2) is 4.79 Å². The molecule has 0 aromatic heterocycles. The Bertz CT molecular complexity index is 828. The van der Waals surface area contributed by atoms with Crippen LogP contribution in [0.5, 0.6) is 5.75 Å². The van der Waals surface area contributed by atoms with Crippen molar-refractivity contribution in [1.29, 1.82) is 5.26 Å². The number of nitrogens with zero attached hydrogens (tertiary/aromatic N) is 2. The van der Waals surface area contributed by atoms with Crippen molar-refractivity contribution in [2.75, 3.05) is 13.1 Å². The van der Waals surface area contributed by atoms with Crippen LogP contribution in [0.3, 0.4) is 0 Å². The molecular formula is C20H24F3N3O4. The van der Waals surface area contributed by atoms with Crippen molar-refractivity contribution < 1.29 is 32.2 Å². The third kappa shape index (κ3) is 7.13. The lowest BCUT2D eigenvalue weighted by Gasteiger charge is -2.33. The lowest BCUT2D eigenvalue weighted by molar-refractivity contribution is -0.274. The van der Waals surface area contributed by atoms with E-state index in [-0.39, 0.29) is 30.1 Å². The van der Waals surface area contributed by atoms with E-state index in [4.69, 9.17) is 10.00 Å². The number of alkyl halides is 3. The molecule has 2 rings (SSSR count). The van der Waals surface area contributed by atoms with Crippen LogP contribution in [0.1, 0.15) is 44.7 Å². The van der Waals surface area contributed by atoms with Crippen molar-refractivity contribution in [3.8, 4) is 11.8 Å². The van der Waals surface area contributed by atoms with E-state index in [0.29, 0.717) is 19.4 Å². The predicted molar refractivity (Wildman–Crippen MR) is 100 cm³/mol. The summed E-state index contributed by atoms with van der Waals surface area (Å²) in [7, 11) is 0. The summed E-state index contributed by atoms with van der Waals surface area (Å²) in [4.78, 5) is 26.2. The molecule has 7 nitrogen and oxygen atoms in total. The van der Waals surface area contributed by atoms with E-state index in [0.717, 1.165) is 6.07 Å². The van der Waals surface area contributed by atoms with Gasteiger partial charge in [0.1, 0.15) is 11.4 Å². The number of likely N-dealkylation sites (tertiary alicyclic amines) is 1. The average Bonchev–Trinajstić information content (AvgIpc) is 2.64. The van der Waals surface area contributed by atoms with Crippen molar-refractivity contribution in [2.45, 2.75) is 52.1 Å². The molecule has 1 fully saturated rings. The highest BCUT2D eigenvalue weighted by Crippen LogP contribution is 2.28. The zero-order chi connectivity index (χ0) is 22.5. The van der Waals surface area contributed by atoms with E-state index in [1.54, 1.807) is 26.8 Å². The molecule has 0 aliphatic carbocycles. The third-order valence-corrected chi connectivity index (χ3v) is 4.32. The molecule has 0 bridgehead atoms. The van der Waals surface area contributed by atoms with Gasteiger partial charge in [0.25, 0.3) is 0 Å². The molecule has 0 spiro atoms. The van der Waals surface area contributed by atoms with Gasteiger partial charge in [0.15, 0.2) is 0 Å². The van der Waals surface area contributed by atoms with Gasteiger partial charge in [0, 0.05) is 25.2 Å². The second kappa shape index (κ2) is 9.24. The van der Waals surface area contributed by atoms with E-state index < -0.39 is 29.7 Å². The van der Waals surface area contributed by atoms with Crippen LogP contribution in [0, 0.1) is 17.2 Å². The molecule has 0 saturated carbocycles. The maximum Gasteiger partial charge on any atom is 0.573 e. The Hall–Kier alpha value is -2.96. The Morgan fingerprint density at radius 3 is 2.60 bits per heavy atom. The van der Waals surface area contributed by atoms with Gasteiger partial charge in [-0.3, -0.25) is 4.79 Å². The average molecular weight is 427 g/mol. The smallest absolute Gasteiger partial charge is 0.444 e. The summed E-state index contributed by atoms with van der Waals surface area (Å²) >= 11 is 0. The molecule has 1 aromatic rings. The Labute approximate surface area is 172 Å². The van der Waals surface area contributed by atoms with Gasteiger partial charge in [-0.15, -0.1) is 13.2 Å². The van der Waals surface area contributed by atoms with Crippen molar-refractivity contribution in [2.24, 2.45) is 5.92 Å². The summed E-state index contributed by atoms with van der Waals surface area (Å²) in [5.74, 6) is -1.43. The molecule has 164 valence electrons. The van der Waals surface area contributed by atoms with Crippen LogP contribution in [0.2, 0.25) is 0 Å². The Kier molecular flexibility index (Phi) is 7.18. The normalized spacial score (nSPS) is 17.1. The lowest BCUT2D eigenvalue weighted by Crippen LogP contribution is -2.46. The monoisotopic (exact) mass is 427 g/mol. The van der Waals surface area contributed by atoms with E-state index >= 15 is 0 Å². The maximum atomic E-state index is 12.6. The van der Waals surface area contributed by atoms with Crippen LogP contribution >= 0.6 is 0 Å².